The molecule has 1 aliphatic heterocycles. The number of likely N-dealkylation sites (tertiary alicyclic amines) is 1. The molecule has 0 aromatic carbocycles. The van der Waals surface area contributed by atoms with Gasteiger partial charge in [0.25, 0.3) is 0 Å². The molecule has 0 spiro atoms. The summed E-state index contributed by atoms with van der Waals surface area (Å²) in [4.78, 5) is 22.5. The highest BCUT2D eigenvalue weighted by atomic mass is 16.5. The fraction of sp³-hybridized carbons (Fsp3) is 0.579. The summed E-state index contributed by atoms with van der Waals surface area (Å²) < 4.78 is 7.40. The first-order valence-corrected chi connectivity index (χ1v) is 9.00. The van der Waals surface area contributed by atoms with Gasteiger partial charge in [-0.15, -0.1) is 0 Å². The predicted octanol–water partition coefficient (Wildman–Crippen LogP) is 2.21. The van der Waals surface area contributed by atoms with Crippen molar-refractivity contribution in [1.82, 2.24) is 19.4 Å². The van der Waals surface area contributed by atoms with Crippen molar-refractivity contribution < 1.29 is 4.74 Å². The molecule has 2 aromatic heterocycles. The van der Waals surface area contributed by atoms with E-state index in [1.165, 1.54) is 0 Å². The zero-order valence-corrected chi connectivity index (χ0v) is 15.4. The molecule has 0 saturated carbocycles. The van der Waals surface area contributed by atoms with E-state index in [1.54, 1.807) is 7.11 Å². The monoisotopic (exact) mass is 344 g/mol. The van der Waals surface area contributed by atoms with E-state index in [0.29, 0.717) is 12.5 Å². The first-order chi connectivity index (χ1) is 12.1. The zero-order chi connectivity index (χ0) is 17.8. The Morgan fingerprint density at radius 1 is 1.40 bits per heavy atom. The Hall–Kier alpha value is -1.92. The van der Waals surface area contributed by atoms with Crippen molar-refractivity contribution in [3.8, 4) is 0 Å². The zero-order valence-electron chi connectivity index (χ0n) is 15.4. The van der Waals surface area contributed by atoms with Gasteiger partial charge in [-0.3, -0.25) is 9.69 Å². The number of nitrogens with one attached hydrogen (secondary N) is 1. The molecule has 0 radical (unpaired) electrons. The van der Waals surface area contributed by atoms with Crippen molar-refractivity contribution in [2.24, 2.45) is 0 Å². The highest BCUT2D eigenvalue weighted by Gasteiger charge is 2.25. The van der Waals surface area contributed by atoms with Gasteiger partial charge >= 0.3 is 0 Å². The molecule has 0 unspecified atom stereocenters. The van der Waals surface area contributed by atoms with E-state index in [-0.39, 0.29) is 5.43 Å². The van der Waals surface area contributed by atoms with E-state index in [4.69, 9.17) is 4.74 Å². The van der Waals surface area contributed by atoms with E-state index in [2.05, 4.69) is 19.4 Å². The second-order valence-corrected chi connectivity index (χ2v) is 6.95. The molecule has 1 saturated heterocycles. The number of imidazole rings is 1. The SMILES string of the molecule is COCCn1ccnc1[C@@H]1CCCN(Cc2[nH]cc(C)c(=O)c2C)C1. The Morgan fingerprint density at radius 3 is 3.04 bits per heavy atom. The first-order valence-electron chi connectivity index (χ1n) is 9.00. The standard InChI is InChI=1S/C19H28N4O2/c1-14-11-21-17(15(2)18(14)24)13-22-7-4-5-16(12-22)19-20-6-8-23(19)9-10-25-3/h6,8,11,16H,4-5,7,9-10,12-13H2,1-3H3,(H,21,24)/t16-/m1/s1. The quantitative estimate of drug-likeness (QED) is 0.873. The van der Waals surface area contributed by atoms with Gasteiger partial charge in [0.05, 0.1) is 6.61 Å². The number of aromatic amines is 1. The van der Waals surface area contributed by atoms with Crippen LogP contribution in [-0.2, 0) is 17.8 Å². The van der Waals surface area contributed by atoms with Crippen molar-refractivity contribution in [2.45, 2.75) is 45.7 Å². The number of piperidine rings is 1. The fourth-order valence-electron chi connectivity index (χ4n) is 3.66. The molecule has 25 heavy (non-hydrogen) atoms. The molecule has 3 rings (SSSR count). The number of aromatic nitrogens is 3. The van der Waals surface area contributed by atoms with Crippen molar-refractivity contribution in [1.29, 1.82) is 0 Å². The molecular formula is C19H28N4O2. The lowest BCUT2D eigenvalue weighted by atomic mass is 9.96. The van der Waals surface area contributed by atoms with E-state index in [1.807, 2.05) is 32.4 Å². The minimum atomic E-state index is 0.150. The van der Waals surface area contributed by atoms with Crippen LogP contribution in [0.25, 0.3) is 0 Å². The lowest BCUT2D eigenvalue weighted by molar-refractivity contribution is 0.177. The van der Waals surface area contributed by atoms with E-state index < -0.39 is 0 Å². The topological polar surface area (TPSA) is 63.1 Å². The summed E-state index contributed by atoms with van der Waals surface area (Å²) >= 11 is 0. The maximum atomic E-state index is 12.2. The van der Waals surface area contributed by atoms with Crippen LogP contribution in [0.1, 0.15) is 41.4 Å². The molecule has 0 amide bonds. The number of H-pyrrole nitrogens is 1. The maximum absolute atomic E-state index is 12.2. The third-order valence-electron chi connectivity index (χ3n) is 5.15. The van der Waals surface area contributed by atoms with Crippen LogP contribution in [0, 0.1) is 13.8 Å². The van der Waals surface area contributed by atoms with Gasteiger partial charge in [-0.05, 0) is 33.2 Å². The van der Waals surface area contributed by atoms with Gasteiger partial charge in [-0.25, -0.2) is 4.98 Å². The highest BCUT2D eigenvalue weighted by molar-refractivity contribution is 5.23. The average molecular weight is 344 g/mol. The molecule has 1 fully saturated rings. The van der Waals surface area contributed by atoms with Crippen molar-refractivity contribution >= 4 is 0 Å². The number of aryl methyl sites for hydroxylation is 1. The molecular weight excluding hydrogens is 316 g/mol. The van der Waals surface area contributed by atoms with Crippen LogP contribution in [0.15, 0.2) is 23.4 Å². The number of ether oxygens (including phenoxy) is 1. The Kier molecular flexibility index (Phi) is 5.71. The minimum absolute atomic E-state index is 0.150. The third-order valence-corrected chi connectivity index (χ3v) is 5.15. The van der Waals surface area contributed by atoms with Crippen LogP contribution in [-0.4, -0.2) is 46.2 Å². The Labute approximate surface area is 148 Å². The highest BCUT2D eigenvalue weighted by Crippen LogP contribution is 2.26. The summed E-state index contributed by atoms with van der Waals surface area (Å²) in [7, 11) is 1.73. The molecule has 1 atom stereocenters. The lowest BCUT2D eigenvalue weighted by Crippen LogP contribution is -2.36. The van der Waals surface area contributed by atoms with Crippen LogP contribution in [0.4, 0.5) is 0 Å². The minimum Gasteiger partial charge on any atom is -0.383 e. The van der Waals surface area contributed by atoms with Gasteiger partial charge in [-0.2, -0.15) is 0 Å². The molecule has 6 heteroatoms. The Bertz CT molecular complexity index is 765. The van der Waals surface area contributed by atoms with Crippen LogP contribution in [0.2, 0.25) is 0 Å². The second-order valence-electron chi connectivity index (χ2n) is 6.95. The molecule has 6 nitrogen and oxygen atoms in total. The summed E-state index contributed by atoms with van der Waals surface area (Å²) in [6, 6.07) is 0. The van der Waals surface area contributed by atoms with Crippen LogP contribution in [0.5, 0.6) is 0 Å². The van der Waals surface area contributed by atoms with Crippen LogP contribution >= 0.6 is 0 Å². The summed E-state index contributed by atoms with van der Waals surface area (Å²) in [5.41, 5.74) is 2.79. The molecule has 0 aliphatic carbocycles. The first kappa shape index (κ1) is 17.9. The molecule has 2 aromatic rings. The molecule has 1 aliphatic rings. The lowest BCUT2D eigenvalue weighted by Gasteiger charge is -2.32. The number of hydrogen-bond acceptors (Lipinski definition) is 4. The summed E-state index contributed by atoms with van der Waals surface area (Å²) in [5.74, 6) is 1.58. The fourth-order valence-corrected chi connectivity index (χ4v) is 3.66. The third kappa shape index (κ3) is 4.02. The Morgan fingerprint density at radius 2 is 2.24 bits per heavy atom. The van der Waals surface area contributed by atoms with Gasteiger partial charge in [0, 0.05) is 68.1 Å². The smallest absolute Gasteiger partial charge is 0.187 e. The summed E-state index contributed by atoms with van der Waals surface area (Å²) in [6.45, 7) is 8.13. The number of methoxy groups -OCH3 is 1. The van der Waals surface area contributed by atoms with E-state index in [0.717, 1.165) is 61.7 Å². The van der Waals surface area contributed by atoms with Gasteiger partial charge in [0.2, 0.25) is 0 Å². The molecule has 1 N–H and O–H groups in total. The maximum Gasteiger partial charge on any atom is 0.187 e. The van der Waals surface area contributed by atoms with Crippen molar-refractivity contribution in [3.63, 3.8) is 0 Å². The molecule has 136 valence electrons. The van der Waals surface area contributed by atoms with Crippen LogP contribution < -0.4 is 5.43 Å². The number of rotatable bonds is 6. The summed E-state index contributed by atoms with van der Waals surface area (Å²) in [5, 5.41) is 0. The normalized spacial score (nSPS) is 18.6. The average Bonchev–Trinajstić information content (AvgIpc) is 3.09. The van der Waals surface area contributed by atoms with E-state index >= 15 is 0 Å². The van der Waals surface area contributed by atoms with Gasteiger partial charge in [-0.1, -0.05) is 0 Å². The molecule has 0 bridgehead atoms. The van der Waals surface area contributed by atoms with Gasteiger partial charge in [0.15, 0.2) is 5.43 Å². The second kappa shape index (κ2) is 7.97. The predicted molar refractivity (Wildman–Crippen MR) is 97.9 cm³/mol. The van der Waals surface area contributed by atoms with Gasteiger partial charge < -0.3 is 14.3 Å². The Balaban J connectivity index is 1.71. The van der Waals surface area contributed by atoms with E-state index in [9.17, 15) is 4.79 Å². The number of hydrogen-bond donors (Lipinski definition) is 1. The summed E-state index contributed by atoms with van der Waals surface area (Å²) in [6.07, 6.45) is 8.05. The molecule has 3 heterocycles. The largest absolute Gasteiger partial charge is 0.383 e. The van der Waals surface area contributed by atoms with Crippen molar-refractivity contribution in [2.75, 3.05) is 26.8 Å². The number of pyridine rings is 1. The van der Waals surface area contributed by atoms with Crippen molar-refractivity contribution in [3.05, 3.63) is 51.5 Å². The number of nitrogens with zero attached hydrogens (tertiary/aromatic N) is 3. The van der Waals surface area contributed by atoms with Crippen LogP contribution in [0.3, 0.4) is 0 Å². The van der Waals surface area contributed by atoms with Gasteiger partial charge in [0.1, 0.15) is 5.82 Å².